The Morgan fingerprint density at radius 1 is 1.28 bits per heavy atom. The summed E-state index contributed by atoms with van der Waals surface area (Å²) in [5, 5.41) is 9.46. The molecule has 0 fully saturated rings. The lowest BCUT2D eigenvalue weighted by atomic mass is 10.0. The Labute approximate surface area is 145 Å². The number of amides is 1. The molecule has 1 unspecified atom stereocenters. The number of nitrogens with zero attached hydrogens (tertiary/aromatic N) is 1. The van der Waals surface area contributed by atoms with Gasteiger partial charge in [-0.25, -0.2) is 0 Å². The quantitative estimate of drug-likeness (QED) is 0.837. The molecular formula is C19H20N2O4. The molecule has 1 aromatic carbocycles. The van der Waals surface area contributed by atoms with Gasteiger partial charge in [-0.15, -0.1) is 0 Å². The molecule has 1 aromatic heterocycles. The van der Waals surface area contributed by atoms with E-state index in [9.17, 15) is 19.5 Å². The first-order valence-corrected chi connectivity index (χ1v) is 8.22. The minimum atomic E-state index is -0.953. The minimum Gasteiger partial charge on any atom is -0.481 e. The van der Waals surface area contributed by atoms with Gasteiger partial charge in [0.2, 0.25) is 0 Å². The van der Waals surface area contributed by atoms with Crippen LogP contribution in [-0.2, 0) is 11.2 Å². The number of hydrogen-bond acceptors (Lipinski definition) is 3. The van der Waals surface area contributed by atoms with Gasteiger partial charge in [-0.3, -0.25) is 14.4 Å². The van der Waals surface area contributed by atoms with Crippen molar-refractivity contribution in [3.8, 4) is 0 Å². The van der Waals surface area contributed by atoms with Crippen LogP contribution in [-0.4, -0.2) is 34.3 Å². The second kappa shape index (κ2) is 6.20. The Hall–Kier alpha value is -2.89. The fraction of sp³-hybridized carbons (Fsp3) is 0.316. The highest BCUT2D eigenvalue weighted by Crippen LogP contribution is 2.37. The van der Waals surface area contributed by atoms with Crippen LogP contribution in [0, 0.1) is 6.92 Å². The highest BCUT2D eigenvalue weighted by Gasteiger charge is 2.38. The summed E-state index contributed by atoms with van der Waals surface area (Å²) in [6, 6.07) is 7.05. The number of hydrogen-bond donors (Lipinski definition) is 2. The van der Waals surface area contributed by atoms with Gasteiger partial charge in [0, 0.05) is 23.5 Å². The SMILES string of the molecule is CCc1c(C(=O)N2CC(C(=O)O)c3ccccc32)[nH]c(C)c1C(C)=O. The van der Waals surface area contributed by atoms with Crippen LogP contribution in [0.25, 0.3) is 0 Å². The molecule has 1 atom stereocenters. The van der Waals surface area contributed by atoms with E-state index in [4.69, 9.17) is 0 Å². The Morgan fingerprint density at radius 3 is 2.56 bits per heavy atom. The third-order valence-corrected chi connectivity index (χ3v) is 4.72. The monoisotopic (exact) mass is 340 g/mol. The van der Waals surface area contributed by atoms with Crippen LogP contribution in [0.1, 0.15) is 57.4 Å². The maximum atomic E-state index is 13.1. The first-order valence-electron chi connectivity index (χ1n) is 8.22. The maximum Gasteiger partial charge on any atom is 0.312 e. The molecule has 1 amide bonds. The molecule has 2 N–H and O–H groups in total. The summed E-state index contributed by atoms with van der Waals surface area (Å²) in [4.78, 5) is 41.1. The lowest BCUT2D eigenvalue weighted by Crippen LogP contribution is -2.32. The summed E-state index contributed by atoms with van der Waals surface area (Å²) in [5.41, 5.74) is 3.51. The number of aliphatic carboxylic acids is 1. The number of aryl methyl sites for hydroxylation is 1. The number of benzene rings is 1. The predicted octanol–water partition coefficient (Wildman–Crippen LogP) is 2.92. The van der Waals surface area contributed by atoms with E-state index in [2.05, 4.69) is 4.98 Å². The van der Waals surface area contributed by atoms with Crippen molar-refractivity contribution in [1.82, 2.24) is 4.98 Å². The molecule has 130 valence electrons. The number of fused-ring (bicyclic) bond motifs is 1. The molecular weight excluding hydrogens is 320 g/mol. The van der Waals surface area contributed by atoms with Gasteiger partial charge >= 0.3 is 5.97 Å². The Balaban J connectivity index is 2.07. The number of rotatable bonds is 4. The number of carbonyl (C=O) groups excluding carboxylic acids is 2. The number of H-pyrrole nitrogens is 1. The van der Waals surface area contributed by atoms with E-state index in [1.54, 1.807) is 31.2 Å². The van der Waals surface area contributed by atoms with E-state index in [1.807, 2.05) is 6.92 Å². The number of carboxylic acid groups (broad SMARTS) is 1. The zero-order chi connectivity index (χ0) is 18.3. The van der Waals surface area contributed by atoms with E-state index in [1.165, 1.54) is 11.8 Å². The second-order valence-corrected chi connectivity index (χ2v) is 6.25. The van der Waals surface area contributed by atoms with Crippen molar-refractivity contribution >= 4 is 23.3 Å². The number of nitrogens with one attached hydrogen (secondary N) is 1. The molecule has 0 saturated carbocycles. The van der Waals surface area contributed by atoms with Gasteiger partial charge in [0.05, 0.1) is 0 Å². The van der Waals surface area contributed by atoms with Crippen molar-refractivity contribution in [2.24, 2.45) is 0 Å². The fourth-order valence-corrected chi connectivity index (χ4v) is 3.64. The van der Waals surface area contributed by atoms with E-state index in [0.717, 1.165) is 0 Å². The van der Waals surface area contributed by atoms with Gasteiger partial charge in [0.25, 0.3) is 5.91 Å². The van der Waals surface area contributed by atoms with Crippen LogP contribution >= 0.6 is 0 Å². The number of carboxylic acids is 1. The minimum absolute atomic E-state index is 0.0874. The first-order chi connectivity index (χ1) is 11.9. The fourth-order valence-electron chi connectivity index (χ4n) is 3.64. The lowest BCUT2D eigenvalue weighted by Gasteiger charge is -2.17. The molecule has 6 nitrogen and oxygen atoms in total. The van der Waals surface area contributed by atoms with Crippen LogP contribution in [0.3, 0.4) is 0 Å². The first kappa shape index (κ1) is 17.0. The number of aromatic nitrogens is 1. The standard InChI is InChI=1S/C19H20N2O4/c1-4-12-16(11(3)22)10(2)20-17(12)18(23)21-9-14(19(24)25)13-7-5-6-8-15(13)21/h5-8,14,20H,4,9H2,1-3H3,(H,24,25). The highest BCUT2D eigenvalue weighted by molar-refractivity contribution is 6.11. The molecule has 0 bridgehead atoms. The summed E-state index contributed by atoms with van der Waals surface area (Å²) in [6.07, 6.45) is 0.540. The number of anilines is 1. The third kappa shape index (κ3) is 2.63. The number of carbonyl (C=O) groups is 3. The molecule has 3 rings (SSSR count). The lowest BCUT2D eigenvalue weighted by molar-refractivity contribution is -0.138. The molecule has 2 aromatic rings. The number of ketones is 1. The third-order valence-electron chi connectivity index (χ3n) is 4.72. The van der Waals surface area contributed by atoms with Gasteiger partial charge in [0.1, 0.15) is 11.6 Å². The van der Waals surface area contributed by atoms with E-state index in [-0.39, 0.29) is 18.2 Å². The van der Waals surface area contributed by atoms with Crippen molar-refractivity contribution < 1.29 is 19.5 Å². The Kier molecular flexibility index (Phi) is 4.20. The average Bonchev–Trinajstić information content (AvgIpc) is 3.12. The van der Waals surface area contributed by atoms with Crippen LogP contribution in [0.2, 0.25) is 0 Å². The summed E-state index contributed by atoms with van der Waals surface area (Å²) >= 11 is 0. The van der Waals surface area contributed by atoms with Gasteiger partial charge in [-0.1, -0.05) is 25.1 Å². The largest absolute Gasteiger partial charge is 0.481 e. The van der Waals surface area contributed by atoms with E-state index in [0.29, 0.717) is 40.2 Å². The van der Waals surface area contributed by atoms with Crippen molar-refractivity contribution in [2.75, 3.05) is 11.4 Å². The van der Waals surface area contributed by atoms with Gasteiger partial charge in [-0.05, 0) is 37.5 Å². The van der Waals surface area contributed by atoms with Gasteiger partial charge in [0.15, 0.2) is 5.78 Å². The highest BCUT2D eigenvalue weighted by atomic mass is 16.4. The molecule has 6 heteroatoms. The molecule has 2 heterocycles. The zero-order valence-electron chi connectivity index (χ0n) is 14.4. The summed E-state index contributed by atoms with van der Waals surface area (Å²) < 4.78 is 0. The Bertz CT molecular complexity index is 882. The molecule has 0 saturated heterocycles. The van der Waals surface area contributed by atoms with Crippen molar-refractivity contribution in [3.63, 3.8) is 0 Å². The molecule has 0 spiro atoms. The van der Waals surface area contributed by atoms with Crippen LogP contribution in [0.15, 0.2) is 24.3 Å². The average molecular weight is 340 g/mol. The van der Waals surface area contributed by atoms with E-state index >= 15 is 0 Å². The van der Waals surface area contributed by atoms with Crippen molar-refractivity contribution in [1.29, 1.82) is 0 Å². The van der Waals surface area contributed by atoms with Crippen molar-refractivity contribution in [2.45, 2.75) is 33.1 Å². The maximum absolute atomic E-state index is 13.1. The van der Waals surface area contributed by atoms with Crippen LogP contribution in [0.5, 0.6) is 0 Å². The summed E-state index contributed by atoms with van der Waals surface area (Å²) in [7, 11) is 0. The van der Waals surface area contributed by atoms with Gasteiger partial charge in [-0.2, -0.15) is 0 Å². The molecule has 0 radical (unpaired) electrons. The van der Waals surface area contributed by atoms with Crippen molar-refractivity contribution in [3.05, 3.63) is 52.3 Å². The topological polar surface area (TPSA) is 90.5 Å². The number of aromatic amines is 1. The van der Waals surface area contributed by atoms with Crippen LogP contribution in [0.4, 0.5) is 5.69 Å². The molecule has 1 aliphatic rings. The number of para-hydroxylation sites is 1. The predicted molar refractivity (Wildman–Crippen MR) is 93.4 cm³/mol. The summed E-state index contributed by atoms with van der Waals surface area (Å²) in [5.74, 6) is -2.09. The Morgan fingerprint density at radius 2 is 1.96 bits per heavy atom. The van der Waals surface area contributed by atoms with Crippen LogP contribution < -0.4 is 4.90 Å². The van der Waals surface area contributed by atoms with E-state index < -0.39 is 11.9 Å². The normalized spacial score (nSPS) is 16.0. The second-order valence-electron chi connectivity index (χ2n) is 6.25. The molecule has 25 heavy (non-hydrogen) atoms. The summed E-state index contributed by atoms with van der Waals surface area (Å²) in [6.45, 7) is 5.23. The van der Waals surface area contributed by atoms with Gasteiger partial charge < -0.3 is 15.0 Å². The smallest absolute Gasteiger partial charge is 0.312 e. The molecule has 1 aliphatic heterocycles. The number of Topliss-reactive ketones (excluding diaryl/α,β-unsaturated/α-hetero) is 1. The zero-order valence-corrected chi connectivity index (χ0v) is 14.4. The molecule has 0 aliphatic carbocycles.